The van der Waals surface area contributed by atoms with Crippen LogP contribution in [0.25, 0.3) is 0 Å². The Morgan fingerprint density at radius 2 is 1.50 bits per heavy atom. The van der Waals surface area contributed by atoms with E-state index in [1.54, 1.807) is 0 Å². The van der Waals surface area contributed by atoms with Crippen molar-refractivity contribution in [1.29, 1.82) is 0 Å². The van der Waals surface area contributed by atoms with Crippen LogP contribution in [-0.2, 0) is 13.2 Å². The fourth-order valence-corrected chi connectivity index (χ4v) is 0.722. The first-order valence-electron chi connectivity index (χ1n) is 2.85. The van der Waals surface area contributed by atoms with Gasteiger partial charge in [0.2, 0.25) is 0 Å². The van der Waals surface area contributed by atoms with E-state index in [2.05, 4.69) is 33.7 Å². The minimum Gasteiger partial charge on any atom is -0.0530 e. The molecule has 1 fully saturated rings. The minimum atomic E-state index is -0.250. The van der Waals surface area contributed by atoms with Crippen molar-refractivity contribution in [1.82, 2.24) is 0 Å². The molecule has 0 spiro atoms. The Balaban J connectivity index is 0.000000145. The fraction of sp³-hybridized carbons (Fsp3) is 0.800. The van der Waals surface area contributed by atoms with Gasteiger partial charge in [0.1, 0.15) is 0 Å². The summed E-state index contributed by atoms with van der Waals surface area (Å²) < 4.78 is 0. The second-order valence-electron chi connectivity index (χ2n) is 1.67. The smallest absolute Gasteiger partial charge is 0.0386 e. The van der Waals surface area contributed by atoms with Crippen molar-refractivity contribution in [3.63, 3.8) is 0 Å². The van der Waals surface area contributed by atoms with Crippen LogP contribution in [0.2, 0.25) is 0 Å². The maximum atomic E-state index is 3.25. The van der Waals surface area contributed by atoms with E-state index in [1.807, 2.05) is 0 Å². The molecule has 3 heteroatoms. The average Bonchev–Trinajstić information content (AvgIpc) is 2.17. The monoisotopic (exact) mass is 291 g/mol. The van der Waals surface area contributed by atoms with Gasteiger partial charge < -0.3 is 0 Å². The van der Waals surface area contributed by atoms with E-state index in [4.69, 9.17) is 0 Å². The van der Waals surface area contributed by atoms with Gasteiger partial charge in [0, 0.05) is 0 Å². The van der Waals surface area contributed by atoms with Crippen molar-refractivity contribution in [2.45, 2.75) is 25.7 Å². The standard InChI is InChI=1S/C5H9.2BrH.Zn/c1-2-4-5-3-1;;;/h1H,2-5H2;2*1H;/q;;;+2/p-2. The molecule has 1 rings (SSSR count). The van der Waals surface area contributed by atoms with E-state index >= 15 is 0 Å². The normalized spacial score (nSPS) is 16.2. The molecule has 0 aromatic rings. The molecule has 1 radical (unpaired) electrons. The van der Waals surface area contributed by atoms with Crippen LogP contribution in [0.3, 0.4) is 0 Å². The molecular formula is C5H9Br2Zn. The van der Waals surface area contributed by atoms with Gasteiger partial charge in [-0.1, -0.05) is 25.7 Å². The van der Waals surface area contributed by atoms with Crippen LogP contribution in [0.4, 0.5) is 0 Å². The summed E-state index contributed by atoms with van der Waals surface area (Å²) >= 11 is 6.25. The Labute approximate surface area is 72.1 Å². The van der Waals surface area contributed by atoms with Gasteiger partial charge in [-0.05, 0) is 6.42 Å². The predicted molar refractivity (Wildman–Crippen MR) is 40.6 cm³/mol. The van der Waals surface area contributed by atoms with Crippen molar-refractivity contribution < 1.29 is 13.2 Å². The van der Waals surface area contributed by atoms with Gasteiger partial charge in [0.15, 0.2) is 0 Å². The molecule has 8 heavy (non-hydrogen) atoms. The van der Waals surface area contributed by atoms with Gasteiger partial charge in [-0.2, -0.15) is 0 Å². The summed E-state index contributed by atoms with van der Waals surface area (Å²) in [6.07, 6.45) is 8.00. The van der Waals surface area contributed by atoms with Crippen LogP contribution in [0.5, 0.6) is 0 Å². The molecule has 0 nitrogen and oxygen atoms in total. The molecule has 0 atom stereocenters. The Hall–Kier alpha value is 1.58. The summed E-state index contributed by atoms with van der Waals surface area (Å²) in [4.78, 5) is 0. The van der Waals surface area contributed by atoms with E-state index in [-0.39, 0.29) is 13.2 Å². The molecule has 0 aromatic carbocycles. The summed E-state index contributed by atoms with van der Waals surface area (Å²) in [5.41, 5.74) is 0. The molecule has 0 heterocycles. The summed E-state index contributed by atoms with van der Waals surface area (Å²) in [6, 6.07) is 0. The van der Waals surface area contributed by atoms with Gasteiger partial charge in [-0.15, -0.1) is 0 Å². The molecule has 0 aliphatic heterocycles. The number of hydrogen-bond donors (Lipinski definition) is 0. The minimum absolute atomic E-state index is 0.250. The zero-order chi connectivity index (χ0) is 6.24. The van der Waals surface area contributed by atoms with Gasteiger partial charge >= 0.3 is 40.5 Å². The van der Waals surface area contributed by atoms with Crippen LogP contribution in [0.1, 0.15) is 25.7 Å². The Kier molecular flexibility index (Phi) is 10.3. The zero-order valence-electron chi connectivity index (χ0n) is 4.87. The largest absolute Gasteiger partial charge is 0.0530 e. The van der Waals surface area contributed by atoms with Crippen molar-refractivity contribution in [3.8, 4) is 0 Å². The van der Waals surface area contributed by atoms with E-state index < -0.39 is 0 Å². The SMILES string of the molecule is [Br][Zn][Br].[CH]1CCCC1. The van der Waals surface area contributed by atoms with Gasteiger partial charge in [0.05, 0.1) is 0 Å². The topological polar surface area (TPSA) is 0 Å². The van der Waals surface area contributed by atoms with E-state index in [1.165, 1.54) is 25.7 Å². The summed E-state index contributed by atoms with van der Waals surface area (Å²) in [6.45, 7) is 0. The molecule has 0 bridgehead atoms. The first kappa shape index (κ1) is 9.58. The predicted octanol–water partition coefficient (Wildman–Crippen LogP) is 3.45. The first-order chi connectivity index (χ1) is 3.91. The summed E-state index contributed by atoms with van der Waals surface area (Å²) in [5, 5.41) is 0. The molecule has 45 valence electrons. The first-order valence-corrected chi connectivity index (χ1v) is 16.7. The second kappa shape index (κ2) is 8.58. The maximum absolute atomic E-state index is 3.25. The second-order valence-corrected chi connectivity index (χ2v) is 15.7. The quantitative estimate of drug-likeness (QED) is 0.600. The number of hydrogen-bond acceptors (Lipinski definition) is 0. The number of rotatable bonds is 0. The van der Waals surface area contributed by atoms with Crippen molar-refractivity contribution in [2.24, 2.45) is 0 Å². The Bertz CT molecular complexity index is 29.8. The third kappa shape index (κ3) is 7.58. The zero-order valence-corrected chi connectivity index (χ0v) is 11.0. The Morgan fingerprint density at radius 3 is 1.62 bits per heavy atom. The van der Waals surface area contributed by atoms with Crippen LogP contribution in [0, 0.1) is 6.42 Å². The van der Waals surface area contributed by atoms with Gasteiger partial charge in [-0.3, -0.25) is 0 Å². The molecule has 0 amide bonds. The van der Waals surface area contributed by atoms with Gasteiger partial charge in [-0.25, -0.2) is 0 Å². The van der Waals surface area contributed by atoms with Gasteiger partial charge in [0.25, 0.3) is 0 Å². The van der Waals surface area contributed by atoms with Crippen LogP contribution < -0.4 is 0 Å². The van der Waals surface area contributed by atoms with Crippen LogP contribution in [0.15, 0.2) is 0 Å². The molecule has 0 N–H and O–H groups in total. The summed E-state index contributed by atoms with van der Waals surface area (Å²) in [7, 11) is 0. The molecule has 1 saturated carbocycles. The molecular weight excluding hydrogens is 285 g/mol. The van der Waals surface area contributed by atoms with E-state index in [0.29, 0.717) is 0 Å². The number of halogens is 2. The van der Waals surface area contributed by atoms with Crippen molar-refractivity contribution in [3.05, 3.63) is 6.42 Å². The molecule has 0 aromatic heterocycles. The molecule has 1 aliphatic carbocycles. The molecule has 1 aliphatic rings. The van der Waals surface area contributed by atoms with E-state index in [0.717, 1.165) is 0 Å². The molecule has 0 saturated heterocycles. The van der Waals surface area contributed by atoms with Crippen molar-refractivity contribution in [2.75, 3.05) is 0 Å². The average molecular weight is 294 g/mol. The van der Waals surface area contributed by atoms with Crippen molar-refractivity contribution >= 4 is 27.2 Å². The Morgan fingerprint density at radius 1 is 1.12 bits per heavy atom. The third-order valence-electron chi connectivity index (χ3n) is 1.07. The fourth-order valence-electron chi connectivity index (χ4n) is 0.722. The summed E-state index contributed by atoms with van der Waals surface area (Å²) in [5.74, 6) is 0. The molecule has 0 unspecified atom stereocenters. The third-order valence-corrected chi connectivity index (χ3v) is 1.07. The van der Waals surface area contributed by atoms with Crippen LogP contribution >= 0.6 is 27.2 Å². The maximum Gasteiger partial charge on any atom is -0.0386 e. The van der Waals surface area contributed by atoms with E-state index in [9.17, 15) is 0 Å². The van der Waals surface area contributed by atoms with Crippen LogP contribution in [-0.4, -0.2) is 0 Å².